The van der Waals surface area contributed by atoms with Gasteiger partial charge in [0.15, 0.2) is 0 Å². The van der Waals surface area contributed by atoms with Crippen molar-refractivity contribution >= 4 is 11.6 Å². The van der Waals surface area contributed by atoms with E-state index in [9.17, 15) is 4.79 Å². The molecule has 0 aliphatic heterocycles. The molecule has 2 aromatic rings. The van der Waals surface area contributed by atoms with Crippen LogP contribution < -0.4 is 5.32 Å². The first-order valence-corrected chi connectivity index (χ1v) is 5.75. The van der Waals surface area contributed by atoms with Gasteiger partial charge in [0.1, 0.15) is 6.33 Å². The second kappa shape index (κ2) is 4.96. The maximum absolute atomic E-state index is 12.2. The average Bonchev–Trinajstić information content (AvgIpc) is 2.32. The number of carbonyl (C=O) groups is 1. The van der Waals surface area contributed by atoms with Gasteiger partial charge in [-0.2, -0.15) is 0 Å². The zero-order valence-corrected chi connectivity index (χ0v) is 10.7. The molecule has 4 heteroatoms. The number of benzene rings is 1. The number of hydrogen-bond acceptors (Lipinski definition) is 3. The number of amides is 1. The normalized spacial score (nSPS) is 10.2. The van der Waals surface area contributed by atoms with E-state index in [1.807, 2.05) is 31.2 Å². The summed E-state index contributed by atoms with van der Waals surface area (Å²) in [7, 11) is 0. The number of anilines is 1. The molecule has 0 fully saturated rings. The number of hydrogen-bond donors (Lipinski definition) is 1. The van der Waals surface area contributed by atoms with Crippen LogP contribution in [0.2, 0.25) is 0 Å². The van der Waals surface area contributed by atoms with E-state index < -0.39 is 0 Å². The summed E-state index contributed by atoms with van der Waals surface area (Å²) in [5.41, 5.74) is 3.76. The fourth-order valence-electron chi connectivity index (χ4n) is 1.82. The zero-order chi connectivity index (χ0) is 13.1. The molecular weight excluding hydrogens is 226 g/mol. The standard InChI is InChI=1S/C14H15N3O/c1-9-6-4-5-7-12(9)17-14(18)13-10(2)15-8-16-11(13)3/h4-8H,1-3H3,(H,17,18). The molecule has 0 saturated heterocycles. The van der Waals surface area contributed by atoms with Gasteiger partial charge in [-0.05, 0) is 32.4 Å². The van der Waals surface area contributed by atoms with Gasteiger partial charge in [-0.15, -0.1) is 0 Å². The van der Waals surface area contributed by atoms with E-state index in [4.69, 9.17) is 0 Å². The van der Waals surface area contributed by atoms with Crippen LogP contribution in [0.3, 0.4) is 0 Å². The maximum Gasteiger partial charge on any atom is 0.259 e. The van der Waals surface area contributed by atoms with E-state index in [0.717, 1.165) is 11.3 Å². The molecular formula is C14H15N3O. The Morgan fingerprint density at radius 1 is 1.06 bits per heavy atom. The summed E-state index contributed by atoms with van der Waals surface area (Å²) in [6.45, 7) is 5.57. The van der Waals surface area contributed by atoms with Crippen molar-refractivity contribution in [1.29, 1.82) is 0 Å². The number of para-hydroxylation sites is 1. The second-order valence-corrected chi connectivity index (χ2v) is 4.19. The first kappa shape index (κ1) is 12.2. The average molecular weight is 241 g/mol. The minimum atomic E-state index is -0.167. The monoisotopic (exact) mass is 241 g/mol. The summed E-state index contributed by atoms with van der Waals surface area (Å²) in [5.74, 6) is -0.167. The van der Waals surface area contributed by atoms with Gasteiger partial charge in [-0.25, -0.2) is 9.97 Å². The molecule has 92 valence electrons. The van der Waals surface area contributed by atoms with Crippen molar-refractivity contribution in [2.24, 2.45) is 0 Å². The first-order chi connectivity index (χ1) is 8.59. The Balaban J connectivity index is 2.31. The third-order valence-corrected chi connectivity index (χ3v) is 2.85. The Kier molecular flexibility index (Phi) is 3.37. The fourth-order valence-corrected chi connectivity index (χ4v) is 1.82. The maximum atomic E-state index is 12.2. The van der Waals surface area contributed by atoms with Gasteiger partial charge in [-0.3, -0.25) is 4.79 Å². The lowest BCUT2D eigenvalue weighted by molar-refractivity contribution is 0.102. The number of aryl methyl sites for hydroxylation is 3. The number of nitrogens with zero attached hydrogens (tertiary/aromatic N) is 2. The molecule has 0 bridgehead atoms. The smallest absolute Gasteiger partial charge is 0.259 e. The van der Waals surface area contributed by atoms with Gasteiger partial charge in [0.2, 0.25) is 0 Å². The van der Waals surface area contributed by atoms with Crippen molar-refractivity contribution in [3.05, 3.63) is 53.1 Å². The summed E-state index contributed by atoms with van der Waals surface area (Å²) in [4.78, 5) is 20.3. The van der Waals surface area contributed by atoms with Crippen molar-refractivity contribution in [2.45, 2.75) is 20.8 Å². The van der Waals surface area contributed by atoms with E-state index in [1.165, 1.54) is 6.33 Å². The fraction of sp³-hybridized carbons (Fsp3) is 0.214. The Hall–Kier alpha value is -2.23. The molecule has 0 saturated carbocycles. The zero-order valence-electron chi connectivity index (χ0n) is 10.7. The minimum Gasteiger partial charge on any atom is -0.322 e. The van der Waals surface area contributed by atoms with E-state index in [-0.39, 0.29) is 5.91 Å². The van der Waals surface area contributed by atoms with Crippen LogP contribution in [-0.2, 0) is 0 Å². The third-order valence-electron chi connectivity index (χ3n) is 2.85. The Labute approximate surface area is 106 Å². The van der Waals surface area contributed by atoms with Crippen LogP contribution in [0.5, 0.6) is 0 Å². The molecule has 1 heterocycles. The number of nitrogens with one attached hydrogen (secondary N) is 1. The molecule has 1 aromatic heterocycles. The van der Waals surface area contributed by atoms with E-state index >= 15 is 0 Å². The van der Waals surface area contributed by atoms with E-state index in [1.54, 1.807) is 13.8 Å². The van der Waals surface area contributed by atoms with Crippen LogP contribution in [0.1, 0.15) is 27.3 Å². The van der Waals surface area contributed by atoms with Crippen LogP contribution in [0.15, 0.2) is 30.6 Å². The molecule has 0 radical (unpaired) electrons. The first-order valence-electron chi connectivity index (χ1n) is 5.75. The second-order valence-electron chi connectivity index (χ2n) is 4.19. The SMILES string of the molecule is Cc1ccccc1NC(=O)c1c(C)ncnc1C. The topological polar surface area (TPSA) is 54.9 Å². The van der Waals surface area contributed by atoms with Gasteiger partial charge in [0.25, 0.3) is 5.91 Å². The van der Waals surface area contributed by atoms with Gasteiger partial charge in [-0.1, -0.05) is 18.2 Å². The number of rotatable bonds is 2. The molecule has 0 unspecified atom stereocenters. The van der Waals surface area contributed by atoms with Crippen molar-refractivity contribution < 1.29 is 4.79 Å². The lowest BCUT2D eigenvalue weighted by atomic mass is 10.1. The summed E-state index contributed by atoms with van der Waals surface area (Å²) >= 11 is 0. The van der Waals surface area contributed by atoms with Crippen LogP contribution in [-0.4, -0.2) is 15.9 Å². The molecule has 2 rings (SSSR count). The Morgan fingerprint density at radius 2 is 1.67 bits per heavy atom. The van der Waals surface area contributed by atoms with Crippen LogP contribution in [0.25, 0.3) is 0 Å². The van der Waals surface area contributed by atoms with Crippen molar-refractivity contribution in [1.82, 2.24) is 9.97 Å². The lowest BCUT2D eigenvalue weighted by Gasteiger charge is -2.10. The van der Waals surface area contributed by atoms with Crippen LogP contribution in [0.4, 0.5) is 5.69 Å². The highest BCUT2D eigenvalue weighted by molar-refractivity contribution is 6.06. The molecule has 1 amide bonds. The Bertz CT molecular complexity index is 573. The van der Waals surface area contributed by atoms with Crippen molar-refractivity contribution in [2.75, 3.05) is 5.32 Å². The van der Waals surface area contributed by atoms with Crippen molar-refractivity contribution in [3.8, 4) is 0 Å². The molecule has 18 heavy (non-hydrogen) atoms. The summed E-state index contributed by atoms with van der Waals surface area (Å²) in [6, 6.07) is 7.66. The lowest BCUT2D eigenvalue weighted by Crippen LogP contribution is -2.17. The molecule has 0 spiro atoms. The van der Waals surface area contributed by atoms with Crippen LogP contribution >= 0.6 is 0 Å². The molecule has 0 aliphatic carbocycles. The third kappa shape index (κ3) is 2.37. The van der Waals surface area contributed by atoms with Gasteiger partial charge in [0.05, 0.1) is 17.0 Å². The minimum absolute atomic E-state index is 0.167. The van der Waals surface area contributed by atoms with E-state index in [2.05, 4.69) is 15.3 Å². The predicted octanol–water partition coefficient (Wildman–Crippen LogP) is 2.65. The molecule has 0 atom stereocenters. The number of aromatic nitrogens is 2. The molecule has 1 N–H and O–H groups in total. The highest BCUT2D eigenvalue weighted by Gasteiger charge is 2.14. The van der Waals surface area contributed by atoms with E-state index in [0.29, 0.717) is 17.0 Å². The molecule has 4 nitrogen and oxygen atoms in total. The molecule has 0 aliphatic rings. The highest BCUT2D eigenvalue weighted by Crippen LogP contribution is 2.16. The summed E-state index contributed by atoms with van der Waals surface area (Å²) < 4.78 is 0. The predicted molar refractivity (Wildman–Crippen MR) is 70.6 cm³/mol. The largest absolute Gasteiger partial charge is 0.322 e. The summed E-state index contributed by atoms with van der Waals surface area (Å²) in [6.07, 6.45) is 1.47. The van der Waals surface area contributed by atoms with Gasteiger partial charge < -0.3 is 5.32 Å². The summed E-state index contributed by atoms with van der Waals surface area (Å²) in [5, 5.41) is 2.89. The highest BCUT2D eigenvalue weighted by atomic mass is 16.1. The van der Waals surface area contributed by atoms with Crippen molar-refractivity contribution in [3.63, 3.8) is 0 Å². The quantitative estimate of drug-likeness (QED) is 0.879. The Morgan fingerprint density at radius 3 is 2.28 bits per heavy atom. The number of carbonyl (C=O) groups excluding carboxylic acids is 1. The molecule has 1 aromatic carbocycles. The van der Waals surface area contributed by atoms with Gasteiger partial charge >= 0.3 is 0 Å². The van der Waals surface area contributed by atoms with Gasteiger partial charge in [0, 0.05) is 5.69 Å². The van der Waals surface area contributed by atoms with Crippen LogP contribution in [0, 0.1) is 20.8 Å².